The number of benzene rings is 3. The third kappa shape index (κ3) is 12.3. The molecule has 3 aromatic carbocycles. The highest BCUT2D eigenvalue weighted by Crippen LogP contribution is 2.45. The highest BCUT2D eigenvalue weighted by molar-refractivity contribution is 7.23. The second-order valence-electron chi connectivity index (χ2n) is 14.4. The average molecular weight is 834 g/mol. The molecule has 4 nitrogen and oxygen atoms in total. The van der Waals surface area contributed by atoms with Crippen LogP contribution < -0.4 is 19.9 Å². The molecule has 4 aromatic heterocycles. The van der Waals surface area contributed by atoms with Crippen molar-refractivity contribution in [2.24, 2.45) is 0 Å². The molecule has 0 fully saturated rings. The number of fused-ring (bicyclic) bond motifs is 1. The van der Waals surface area contributed by atoms with Gasteiger partial charge >= 0.3 is 0 Å². The van der Waals surface area contributed by atoms with Crippen LogP contribution in [-0.4, -0.2) is 19.8 Å². The summed E-state index contributed by atoms with van der Waals surface area (Å²) in [5.74, 6) is 2.83. The molecule has 298 valence electrons. The van der Waals surface area contributed by atoms with Crippen LogP contribution in [0.2, 0.25) is 0 Å². The fourth-order valence-corrected chi connectivity index (χ4v) is 10.2. The fraction of sp³-hybridized carbons (Fsp3) is 0.306. The van der Waals surface area contributed by atoms with Gasteiger partial charge in [0.05, 0.1) is 16.4 Å². The number of unbranched alkanes of at least 4 members (excludes halogenated alkanes) is 7. The maximum atomic E-state index is 6.12. The van der Waals surface area contributed by atoms with Crippen molar-refractivity contribution in [3.8, 4) is 58.3 Å². The van der Waals surface area contributed by atoms with Gasteiger partial charge < -0.3 is 19.9 Å². The van der Waals surface area contributed by atoms with Crippen LogP contribution in [0, 0.1) is 20.8 Å². The molecule has 0 radical (unpaired) electrons. The van der Waals surface area contributed by atoms with Crippen molar-refractivity contribution in [1.29, 1.82) is 0 Å². The van der Waals surface area contributed by atoms with E-state index in [1.165, 1.54) is 97.8 Å². The van der Waals surface area contributed by atoms with E-state index in [1.54, 1.807) is 34.0 Å². The largest absolute Gasteiger partial charge is 0.492 e. The topological polar surface area (TPSA) is 53.7 Å². The van der Waals surface area contributed by atoms with Gasteiger partial charge in [-0.15, -0.1) is 45.3 Å². The average Bonchev–Trinajstić information content (AvgIpc) is 4.07. The van der Waals surface area contributed by atoms with Gasteiger partial charge in [0.2, 0.25) is 0 Å². The van der Waals surface area contributed by atoms with Crippen LogP contribution in [0.3, 0.4) is 0 Å². The highest BCUT2D eigenvalue weighted by atomic mass is 32.1. The molecule has 0 unspecified atom stereocenters. The summed E-state index contributed by atoms with van der Waals surface area (Å²) in [4.78, 5) is 6.43. The summed E-state index contributed by atoms with van der Waals surface area (Å²) in [7, 11) is 0. The van der Waals surface area contributed by atoms with E-state index in [4.69, 9.17) is 19.9 Å². The van der Waals surface area contributed by atoms with Crippen LogP contribution in [0.4, 0.5) is 5.69 Å². The molecule has 2 N–H and O–H groups in total. The van der Waals surface area contributed by atoms with E-state index in [1.807, 2.05) is 28.8 Å². The molecule has 0 bridgehead atoms. The van der Waals surface area contributed by atoms with Gasteiger partial charge in [-0.2, -0.15) is 0 Å². The Bertz CT molecular complexity index is 2190. The van der Waals surface area contributed by atoms with E-state index in [-0.39, 0.29) is 0 Å². The van der Waals surface area contributed by atoms with Crippen molar-refractivity contribution < 1.29 is 14.2 Å². The smallest absolute Gasteiger partial charge is 0.179 e. The zero-order valence-corrected chi connectivity index (χ0v) is 36.9. The number of hydrogen-bond donors (Lipinski definition) is 1. The van der Waals surface area contributed by atoms with E-state index < -0.39 is 0 Å². The molecule has 0 saturated carbocycles. The monoisotopic (exact) mass is 833 g/mol. The molecular weight excluding hydrogens is 779 g/mol. The maximum absolute atomic E-state index is 6.12. The van der Waals surface area contributed by atoms with E-state index in [2.05, 4.69) is 123 Å². The van der Waals surface area contributed by atoms with Crippen molar-refractivity contribution >= 4 is 51.0 Å². The molecule has 0 amide bonds. The molecule has 0 atom stereocenters. The van der Waals surface area contributed by atoms with Crippen LogP contribution in [0.1, 0.15) is 75.0 Å². The minimum absolute atomic E-state index is 0.641. The minimum Gasteiger partial charge on any atom is -0.492 e. The zero-order chi connectivity index (χ0) is 39.8. The number of anilines is 1. The van der Waals surface area contributed by atoms with Gasteiger partial charge in [-0.3, -0.25) is 0 Å². The lowest BCUT2D eigenvalue weighted by molar-refractivity contribution is 0.174. The van der Waals surface area contributed by atoms with Gasteiger partial charge in [0.25, 0.3) is 0 Å². The first-order valence-corrected chi connectivity index (χ1v) is 23.6. The Morgan fingerprint density at radius 2 is 1.18 bits per heavy atom. The van der Waals surface area contributed by atoms with Crippen LogP contribution in [0.5, 0.6) is 17.2 Å². The molecular formula is C49H55NO3S4. The summed E-state index contributed by atoms with van der Waals surface area (Å²) < 4.78 is 17.3. The molecule has 0 saturated heterocycles. The first kappa shape index (κ1) is 42.3. The third-order valence-electron chi connectivity index (χ3n) is 9.66. The summed E-state index contributed by atoms with van der Waals surface area (Å²) in [6.45, 7) is 10.7. The Hall–Kier alpha value is -4.34. The summed E-state index contributed by atoms with van der Waals surface area (Å²) >= 11 is 7.08. The van der Waals surface area contributed by atoms with Gasteiger partial charge in [-0.1, -0.05) is 130 Å². The minimum atomic E-state index is 0.641. The Morgan fingerprint density at radius 3 is 1.86 bits per heavy atom. The second-order valence-corrected chi connectivity index (χ2v) is 18.1. The molecule has 7 aromatic rings. The van der Waals surface area contributed by atoms with Crippen LogP contribution in [0.15, 0.2) is 113 Å². The standard InChI is InChI=1S/C21H31NOS.C15H12S2.C13H12O2S/c1-3-4-5-6-7-8-9-10-15-23-20-17(2)16-24-21(20)18-11-13-19(22)14-12-18;1-11-4-6-12(7-5-11)13-8-9-15(17-13)14-3-2-10-16-14;1-9-2-4-10(5-3-9)13-12-11(8-16-13)14-6-7-15-12/h11-14,16H,3-10,15,22H2,1-2H3;2-10H,1H3;2-5,8H,6-7H2,1H3. The second kappa shape index (κ2) is 22.0. The fourth-order valence-electron chi connectivity index (χ4n) is 6.39. The molecule has 0 aliphatic carbocycles. The Labute approximate surface area is 355 Å². The van der Waals surface area contributed by atoms with Crippen molar-refractivity contribution in [3.05, 3.63) is 130 Å². The van der Waals surface area contributed by atoms with Crippen molar-refractivity contribution in [3.63, 3.8) is 0 Å². The van der Waals surface area contributed by atoms with E-state index in [0.29, 0.717) is 13.2 Å². The van der Waals surface area contributed by atoms with Crippen molar-refractivity contribution in [2.75, 3.05) is 25.6 Å². The van der Waals surface area contributed by atoms with Gasteiger partial charge in [-0.05, 0) is 85.0 Å². The van der Waals surface area contributed by atoms with Crippen molar-refractivity contribution in [2.45, 2.75) is 79.1 Å². The Kier molecular flexibility index (Phi) is 16.3. The highest BCUT2D eigenvalue weighted by Gasteiger charge is 2.19. The lowest BCUT2D eigenvalue weighted by atomic mass is 10.1. The number of ether oxygens (including phenoxy) is 3. The normalized spacial score (nSPS) is 11.6. The number of aryl methyl sites for hydroxylation is 3. The molecule has 57 heavy (non-hydrogen) atoms. The number of rotatable bonds is 14. The summed E-state index contributed by atoms with van der Waals surface area (Å²) in [5, 5.41) is 6.32. The van der Waals surface area contributed by atoms with Gasteiger partial charge in [0, 0.05) is 31.3 Å². The van der Waals surface area contributed by atoms with Crippen LogP contribution in [0.25, 0.3) is 41.1 Å². The molecule has 0 spiro atoms. The van der Waals surface area contributed by atoms with E-state index in [0.717, 1.165) is 40.8 Å². The predicted molar refractivity (Wildman–Crippen MR) is 250 cm³/mol. The molecule has 8 heteroatoms. The number of nitrogens with two attached hydrogens (primary N) is 1. The SMILES string of the molecule is CCCCCCCCCCOc1c(C)csc1-c1ccc(N)cc1.Cc1ccc(-c2ccc(-c3cccs3)s2)cc1.Cc1ccc(-c2scc3c2OCCO3)cc1. The molecule has 8 rings (SSSR count). The van der Waals surface area contributed by atoms with Gasteiger partial charge in [0.1, 0.15) is 19.0 Å². The Morgan fingerprint density at radius 1 is 0.579 bits per heavy atom. The quantitative estimate of drug-likeness (QED) is 0.0876. The molecule has 1 aliphatic heterocycles. The van der Waals surface area contributed by atoms with Crippen molar-refractivity contribution in [1.82, 2.24) is 0 Å². The van der Waals surface area contributed by atoms with Gasteiger partial charge in [0.15, 0.2) is 11.5 Å². The zero-order valence-electron chi connectivity index (χ0n) is 33.7. The van der Waals surface area contributed by atoms with Crippen LogP contribution in [-0.2, 0) is 0 Å². The van der Waals surface area contributed by atoms with E-state index >= 15 is 0 Å². The third-order valence-corrected chi connectivity index (χ3v) is 14.0. The molecule has 5 heterocycles. The first-order chi connectivity index (χ1) is 27.9. The molecule has 1 aliphatic rings. The number of hydrogen-bond acceptors (Lipinski definition) is 8. The number of nitrogen functional groups attached to an aromatic ring is 1. The summed E-state index contributed by atoms with van der Waals surface area (Å²) in [5.41, 5.74) is 14.1. The maximum Gasteiger partial charge on any atom is 0.179 e. The van der Waals surface area contributed by atoms with E-state index in [9.17, 15) is 0 Å². The Balaban J connectivity index is 0.000000148. The predicted octanol–water partition coefficient (Wildman–Crippen LogP) is 15.8. The summed E-state index contributed by atoms with van der Waals surface area (Å²) in [6.07, 6.45) is 10.6. The summed E-state index contributed by atoms with van der Waals surface area (Å²) in [6, 6.07) is 34.0. The lowest BCUT2D eigenvalue weighted by Gasteiger charge is -2.16. The van der Waals surface area contributed by atoms with Crippen LogP contribution >= 0.6 is 45.3 Å². The van der Waals surface area contributed by atoms with Gasteiger partial charge in [-0.25, -0.2) is 0 Å². The first-order valence-electron chi connectivity index (χ1n) is 20.1. The number of thiophene rings is 4. The lowest BCUT2D eigenvalue weighted by Crippen LogP contribution is -2.14.